The van der Waals surface area contributed by atoms with E-state index in [1.165, 1.54) is 24.5 Å². The number of nitrogens with zero attached hydrogens (tertiary/aromatic N) is 3. The van der Waals surface area contributed by atoms with Gasteiger partial charge in [-0.25, -0.2) is 18.7 Å². The standard InChI is InChI=1S/C18H18Cl2F2N4O/c19-13-8-24-16(25-9-13)10-23-11-18(22)3-5-26(6-4-18)17(27)12-1-2-15(21)14(20)7-12/h1-2,7-9,23H,3-6,10-11H2. The minimum Gasteiger partial charge on any atom is -0.338 e. The lowest BCUT2D eigenvalue weighted by Crippen LogP contribution is -2.48. The van der Waals surface area contributed by atoms with Crippen LogP contribution in [0.1, 0.15) is 29.0 Å². The molecule has 9 heteroatoms. The van der Waals surface area contributed by atoms with E-state index in [1.54, 1.807) is 4.90 Å². The quantitative estimate of drug-likeness (QED) is 0.810. The molecule has 2 heterocycles. The van der Waals surface area contributed by atoms with Gasteiger partial charge in [0.1, 0.15) is 17.3 Å². The third-order valence-corrected chi connectivity index (χ3v) is 5.00. The van der Waals surface area contributed by atoms with Crippen LogP contribution in [0.25, 0.3) is 0 Å². The lowest BCUT2D eigenvalue weighted by atomic mass is 9.92. The summed E-state index contributed by atoms with van der Waals surface area (Å²) < 4.78 is 28.2. The van der Waals surface area contributed by atoms with Crippen LogP contribution in [0.4, 0.5) is 8.78 Å². The van der Waals surface area contributed by atoms with Gasteiger partial charge in [0.15, 0.2) is 0 Å². The van der Waals surface area contributed by atoms with E-state index in [-0.39, 0.29) is 43.4 Å². The molecule has 1 aromatic carbocycles. The monoisotopic (exact) mass is 414 g/mol. The number of hydrogen-bond donors (Lipinski definition) is 1. The minimum atomic E-state index is -1.41. The number of nitrogens with one attached hydrogen (secondary N) is 1. The molecule has 0 saturated carbocycles. The van der Waals surface area contributed by atoms with Crippen molar-refractivity contribution in [3.05, 3.63) is 57.8 Å². The lowest BCUT2D eigenvalue weighted by molar-refractivity contribution is 0.0434. The van der Waals surface area contributed by atoms with E-state index in [2.05, 4.69) is 15.3 Å². The first-order chi connectivity index (χ1) is 12.9. The number of carbonyl (C=O) groups excluding carboxylic acids is 1. The number of carbonyl (C=O) groups is 1. The zero-order valence-corrected chi connectivity index (χ0v) is 15.9. The van der Waals surface area contributed by atoms with Gasteiger partial charge in [0.2, 0.25) is 0 Å². The number of likely N-dealkylation sites (tertiary alicyclic amines) is 1. The summed E-state index contributed by atoms with van der Waals surface area (Å²) in [5, 5.41) is 3.35. The van der Waals surface area contributed by atoms with Crippen molar-refractivity contribution >= 4 is 29.1 Å². The van der Waals surface area contributed by atoms with Crippen molar-refractivity contribution < 1.29 is 13.6 Å². The Morgan fingerprint density at radius 1 is 1.22 bits per heavy atom. The smallest absolute Gasteiger partial charge is 0.253 e. The SMILES string of the molecule is O=C(c1ccc(F)c(Cl)c1)N1CCC(F)(CNCc2ncc(Cl)cn2)CC1. The summed E-state index contributed by atoms with van der Waals surface area (Å²) in [4.78, 5) is 22.1. The topological polar surface area (TPSA) is 58.1 Å². The Labute approximate surface area is 165 Å². The Hall–Kier alpha value is -1.83. The Kier molecular flexibility index (Phi) is 6.24. The lowest BCUT2D eigenvalue weighted by Gasteiger charge is -2.36. The summed E-state index contributed by atoms with van der Waals surface area (Å²) in [6.07, 6.45) is 3.40. The average Bonchev–Trinajstić information content (AvgIpc) is 2.66. The van der Waals surface area contributed by atoms with E-state index in [9.17, 15) is 13.6 Å². The minimum absolute atomic E-state index is 0.105. The first kappa shape index (κ1) is 19.9. The van der Waals surface area contributed by atoms with Crippen LogP contribution < -0.4 is 5.32 Å². The number of rotatable bonds is 5. The average molecular weight is 415 g/mol. The van der Waals surface area contributed by atoms with Gasteiger partial charge in [-0.05, 0) is 18.2 Å². The first-order valence-corrected chi connectivity index (χ1v) is 9.22. The fraction of sp³-hybridized carbons (Fsp3) is 0.389. The summed E-state index contributed by atoms with van der Waals surface area (Å²) in [5.74, 6) is -0.323. The molecular formula is C18H18Cl2F2N4O. The predicted octanol–water partition coefficient (Wildman–Crippen LogP) is 3.66. The molecule has 1 saturated heterocycles. The summed E-state index contributed by atoms with van der Waals surface area (Å²) in [7, 11) is 0. The van der Waals surface area contributed by atoms with Crippen molar-refractivity contribution in [2.24, 2.45) is 0 Å². The molecule has 1 aromatic heterocycles. The Morgan fingerprint density at radius 3 is 2.52 bits per heavy atom. The number of aromatic nitrogens is 2. The Balaban J connectivity index is 1.50. The zero-order valence-electron chi connectivity index (χ0n) is 14.4. The third-order valence-electron chi connectivity index (χ3n) is 4.51. The Morgan fingerprint density at radius 2 is 1.89 bits per heavy atom. The van der Waals surface area contributed by atoms with Crippen molar-refractivity contribution in [1.29, 1.82) is 0 Å². The van der Waals surface area contributed by atoms with E-state index < -0.39 is 11.5 Å². The second-order valence-electron chi connectivity index (χ2n) is 6.49. The van der Waals surface area contributed by atoms with Crippen LogP contribution in [0, 0.1) is 5.82 Å². The summed E-state index contributed by atoms with van der Waals surface area (Å²) in [6.45, 7) is 1.04. The first-order valence-electron chi connectivity index (χ1n) is 8.47. The second-order valence-corrected chi connectivity index (χ2v) is 7.34. The third kappa shape index (κ3) is 5.12. The maximum absolute atomic E-state index is 15.0. The van der Waals surface area contributed by atoms with Crippen molar-refractivity contribution in [3.8, 4) is 0 Å². The van der Waals surface area contributed by atoms with Gasteiger partial charge in [0.25, 0.3) is 5.91 Å². The molecule has 0 bridgehead atoms. The molecule has 144 valence electrons. The number of alkyl halides is 1. The molecule has 2 aromatic rings. The van der Waals surface area contributed by atoms with Crippen LogP contribution in [0.15, 0.2) is 30.6 Å². The van der Waals surface area contributed by atoms with Crippen molar-refractivity contribution in [3.63, 3.8) is 0 Å². The van der Waals surface area contributed by atoms with Gasteiger partial charge in [0, 0.05) is 50.4 Å². The van der Waals surface area contributed by atoms with Crippen LogP contribution in [0.5, 0.6) is 0 Å². The van der Waals surface area contributed by atoms with Gasteiger partial charge in [0.05, 0.1) is 16.6 Å². The number of hydrogen-bond acceptors (Lipinski definition) is 4. The molecule has 1 N–H and O–H groups in total. The van der Waals surface area contributed by atoms with Gasteiger partial charge in [-0.2, -0.15) is 0 Å². The van der Waals surface area contributed by atoms with Crippen LogP contribution in [0.3, 0.4) is 0 Å². The number of amides is 1. The van der Waals surface area contributed by atoms with E-state index in [0.717, 1.165) is 6.07 Å². The van der Waals surface area contributed by atoms with E-state index in [4.69, 9.17) is 23.2 Å². The molecule has 0 radical (unpaired) electrons. The van der Waals surface area contributed by atoms with Crippen LogP contribution in [0.2, 0.25) is 10.0 Å². The number of halogens is 4. The predicted molar refractivity (Wildman–Crippen MR) is 99.1 cm³/mol. The van der Waals surface area contributed by atoms with E-state index in [0.29, 0.717) is 23.0 Å². The molecule has 5 nitrogen and oxygen atoms in total. The van der Waals surface area contributed by atoms with Gasteiger partial charge in [-0.15, -0.1) is 0 Å². The van der Waals surface area contributed by atoms with Crippen molar-refractivity contribution in [2.45, 2.75) is 25.1 Å². The zero-order chi connectivity index (χ0) is 19.4. The molecule has 1 aliphatic rings. The van der Waals surface area contributed by atoms with Gasteiger partial charge >= 0.3 is 0 Å². The van der Waals surface area contributed by atoms with Gasteiger partial charge in [-0.1, -0.05) is 23.2 Å². The van der Waals surface area contributed by atoms with Crippen LogP contribution >= 0.6 is 23.2 Å². The maximum Gasteiger partial charge on any atom is 0.253 e. The largest absolute Gasteiger partial charge is 0.338 e. The number of piperidine rings is 1. The van der Waals surface area contributed by atoms with Gasteiger partial charge in [-0.3, -0.25) is 4.79 Å². The van der Waals surface area contributed by atoms with E-state index in [1.807, 2.05) is 0 Å². The van der Waals surface area contributed by atoms with Crippen LogP contribution in [-0.2, 0) is 6.54 Å². The number of benzene rings is 1. The second kappa shape index (κ2) is 8.46. The molecule has 0 spiro atoms. The molecule has 0 aliphatic carbocycles. The molecular weight excluding hydrogens is 397 g/mol. The summed E-state index contributed by atoms with van der Waals surface area (Å²) in [5.41, 5.74) is -1.12. The summed E-state index contributed by atoms with van der Waals surface area (Å²) >= 11 is 11.5. The highest BCUT2D eigenvalue weighted by atomic mass is 35.5. The summed E-state index contributed by atoms with van der Waals surface area (Å²) in [6, 6.07) is 3.83. The molecule has 1 aliphatic heterocycles. The van der Waals surface area contributed by atoms with E-state index >= 15 is 0 Å². The fourth-order valence-corrected chi connectivity index (χ4v) is 3.21. The molecule has 3 rings (SSSR count). The Bertz CT molecular complexity index is 812. The normalized spacial score (nSPS) is 16.4. The van der Waals surface area contributed by atoms with Crippen LogP contribution in [-0.4, -0.2) is 46.1 Å². The highest BCUT2D eigenvalue weighted by Gasteiger charge is 2.36. The molecule has 0 atom stereocenters. The highest BCUT2D eigenvalue weighted by Crippen LogP contribution is 2.27. The maximum atomic E-state index is 15.0. The van der Waals surface area contributed by atoms with Crippen molar-refractivity contribution in [2.75, 3.05) is 19.6 Å². The highest BCUT2D eigenvalue weighted by molar-refractivity contribution is 6.31. The molecule has 27 heavy (non-hydrogen) atoms. The van der Waals surface area contributed by atoms with Gasteiger partial charge < -0.3 is 10.2 Å². The molecule has 0 unspecified atom stereocenters. The van der Waals surface area contributed by atoms with Crippen molar-refractivity contribution in [1.82, 2.24) is 20.2 Å². The molecule has 1 amide bonds. The molecule has 1 fully saturated rings. The fourth-order valence-electron chi connectivity index (χ4n) is 2.93.